The Morgan fingerprint density at radius 1 is 1.26 bits per heavy atom. The number of aromatic amines is 1. The predicted octanol–water partition coefficient (Wildman–Crippen LogP) is 1.96. The number of hydrogen-bond donors (Lipinski definition) is 2. The van der Waals surface area contributed by atoms with Crippen LogP contribution in [0.3, 0.4) is 0 Å². The third-order valence-corrected chi connectivity index (χ3v) is 3.43. The van der Waals surface area contributed by atoms with Crippen LogP contribution in [0.1, 0.15) is 25.0 Å². The van der Waals surface area contributed by atoms with Crippen LogP contribution < -0.4 is 15.6 Å². The first-order valence-electron chi connectivity index (χ1n) is 6.70. The molecule has 2 N–H and O–H groups in total. The maximum Gasteiger partial charge on any atom is 0.253 e. The van der Waals surface area contributed by atoms with Crippen LogP contribution in [0.5, 0.6) is 5.75 Å². The van der Waals surface area contributed by atoms with Gasteiger partial charge in [-0.05, 0) is 50.6 Å². The van der Waals surface area contributed by atoms with Crippen molar-refractivity contribution < 1.29 is 4.74 Å². The highest BCUT2D eigenvalue weighted by Crippen LogP contribution is 2.25. The van der Waals surface area contributed by atoms with Crippen LogP contribution in [-0.4, -0.2) is 17.6 Å². The topological polar surface area (TPSA) is 54.1 Å². The number of pyridine rings is 1. The Morgan fingerprint density at radius 3 is 2.89 bits per heavy atom. The Morgan fingerprint density at radius 2 is 2.11 bits per heavy atom. The Hall–Kier alpha value is -1.81. The fraction of sp³-hybridized carbons (Fsp3) is 0.400. The van der Waals surface area contributed by atoms with Crippen LogP contribution in [0.25, 0.3) is 10.9 Å². The quantitative estimate of drug-likeness (QED) is 0.865. The second-order valence-electron chi connectivity index (χ2n) is 5.21. The Kier molecular flexibility index (Phi) is 3.03. The molecule has 3 rings (SSSR count). The smallest absolute Gasteiger partial charge is 0.253 e. The van der Waals surface area contributed by atoms with E-state index >= 15 is 0 Å². The van der Waals surface area contributed by atoms with Crippen molar-refractivity contribution in [2.24, 2.45) is 0 Å². The third-order valence-electron chi connectivity index (χ3n) is 3.43. The van der Waals surface area contributed by atoms with E-state index in [0.29, 0.717) is 6.54 Å². The molecule has 100 valence electrons. The van der Waals surface area contributed by atoms with Gasteiger partial charge in [0.05, 0.1) is 6.10 Å². The van der Waals surface area contributed by atoms with Gasteiger partial charge < -0.3 is 15.0 Å². The molecular formula is C15H18N2O2. The molecule has 0 amide bonds. The van der Waals surface area contributed by atoms with E-state index < -0.39 is 0 Å². The van der Waals surface area contributed by atoms with Crippen LogP contribution in [0.4, 0.5) is 0 Å². The lowest BCUT2D eigenvalue weighted by atomic mass is 9.97. The molecule has 0 fully saturated rings. The summed E-state index contributed by atoms with van der Waals surface area (Å²) >= 11 is 0. The van der Waals surface area contributed by atoms with Crippen molar-refractivity contribution in [1.29, 1.82) is 0 Å². The molecule has 0 spiro atoms. The lowest BCUT2D eigenvalue weighted by molar-refractivity contribution is 0.242. The first-order chi connectivity index (χ1) is 9.15. The van der Waals surface area contributed by atoms with E-state index in [1.807, 2.05) is 32.0 Å². The normalized spacial score (nSPS) is 14.7. The van der Waals surface area contributed by atoms with E-state index in [2.05, 4.69) is 10.3 Å². The van der Waals surface area contributed by atoms with Gasteiger partial charge in [0.25, 0.3) is 5.56 Å². The first-order valence-corrected chi connectivity index (χ1v) is 6.70. The first kappa shape index (κ1) is 12.2. The summed E-state index contributed by atoms with van der Waals surface area (Å²) in [6.07, 6.45) is 1.04. The fourth-order valence-electron chi connectivity index (χ4n) is 2.62. The summed E-state index contributed by atoms with van der Waals surface area (Å²) in [5.74, 6) is 0.857. The fourth-order valence-corrected chi connectivity index (χ4v) is 2.62. The number of benzene rings is 1. The molecule has 0 atom stereocenters. The van der Waals surface area contributed by atoms with Crippen LogP contribution in [-0.2, 0) is 13.0 Å². The Labute approximate surface area is 111 Å². The van der Waals surface area contributed by atoms with Gasteiger partial charge in [0.15, 0.2) is 0 Å². The van der Waals surface area contributed by atoms with E-state index in [0.717, 1.165) is 40.7 Å². The zero-order chi connectivity index (χ0) is 13.4. The minimum atomic E-state index is 0.0206. The van der Waals surface area contributed by atoms with Crippen molar-refractivity contribution >= 4 is 10.9 Å². The van der Waals surface area contributed by atoms with Crippen molar-refractivity contribution in [3.63, 3.8) is 0 Å². The standard InChI is InChI=1S/C15H18N2O2/c1-9(2)19-10-3-4-14-12(7-10)11-5-6-16-8-13(11)15(18)17-14/h3-4,7,9,16H,5-6,8H2,1-2H3,(H,17,18). The number of fused-ring (bicyclic) bond motifs is 3. The number of nitrogens with one attached hydrogen (secondary N) is 2. The van der Waals surface area contributed by atoms with E-state index in [4.69, 9.17) is 4.74 Å². The van der Waals surface area contributed by atoms with Gasteiger partial charge in [-0.15, -0.1) is 0 Å². The molecule has 4 heteroatoms. The lowest BCUT2D eigenvalue weighted by Crippen LogP contribution is -2.30. The highest BCUT2D eigenvalue weighted by Gasteiger charge is 2.16. The molecule has 1 aromatic carbocycles. The van der Waals surface area contributed by atoms with E-state index in [-0.39, 0.29) is 11.7 Å². The zero-order valence-electron chi connectivity index (χ0n) is 11.2. The number of hydrogen-bond acceptors (Lipinski definition) is 3. The van der Waals surface area contributed by atoms with Crippen molar-refractivity contribution in [2.45, 2.75) is 32.9 Å². The van der Waals surface area contributed by atoms with Crippen molar-refractivity contribution in [1.82, 2.24) is 10.3 Å². The molecule has 1 aliphatic rings. The van der Waals surface area contributed by atoms with Crippen LogP contribution in [0, 0.1) is 0 Å². The summed E-state index contributed by atoms with van der Waals surface area (Å²) in [6.45, 7) is 5.59. The van der Waals surface area contributed by atoms with Crippen molar-refractivity contribution in [3.05, 3.63) is 39.7 Å². The summed E-state index contributed by atoms with van der Waals surface area (Å²) in [5.41, 5.74) is 2.93. The molecule has 4 nitrogen and oxygen atoms in total. The van der Waals surface area contributed by atoms with E-state index in [1.54, 1.807) is 0 Å². The molecule has 2 aromatic rings. The molecule has 0 aliphatic carbocycles. The van der Waals surface area contributed by atoms with Crippen LogP contribution in [0.2, 0.25) is 0 Å². The molecule has 1 aliphatic heterocycles. The van der Waals surface area contributed by atoms with Crippen molar-refractivity contribution in [3.8, 4) is 5.75 Å². The number of aromatic nitrogens is 1. The maximum atomic E-state index is 12.0. The van der Waals surface area contributed by atoms with Gasteiger partial charge in [-0.25, -0.2) is 0 Å². The average molecular weight is 258 g/mol. The second kappa shape index (κ2) is 4.70. The van der Waals surface area contributed by atoms with E-state index in [9.17, 15) is 4.79 Å². The van der Waals surface area contributed by atoms with Gasteiger partial charge in [0.2, 0.25) is 0 Å². The number of rotatable bonds is 2. The average Bonchev–Trinajstić information content (AvgIpc) is 2.39. The summed E-state index contributed by atoms with van der Waals surface area (Å²) in [5, 5.41) is 4.35. The number of H-pyrrole nitrogens is 1. The lowest BCUT2D eigenvalue weighted by Gasteiger charge is -2.19. The molecule has 0 saturated heterocycles. The summed E-state index contributed by atoms with van der Waals surface area (Å²) < 4.78 is 5.74. The molecule has 0 unspecified atom stereocenters. The van der Waals surface area contributed by atoms with Gasteiger partial charge in [-0.2, -0.15) is 0 Å². The minimum Gasteiger partial charge on any atom is -0.491 e. The monoisotopic (exact) mass is 258 g/mol. The maximum absolute atomic E-state index is 12.0. The highest BCUT2D eigenvalue weighted by molar-refractivity contribution is 5.84. The summed E-state index contributed by atoms with van der Waals surface area (Å²) in [7, 11) is 0. The van der Waals surface area contributed by atoms with Crippen LogP contribution in [0.15, 0.2) is 23.0 Å². The molecule has 1 aromatic heterocycles. The van der Waals surface area contributed by atoms with Gasteiger partial charge in [-0.3, -0.25) is 4.79 Å². The van der Waals surface area contributed by atoms with Gasteiger partial charge in [-0.1, -0.05) is 0 Å². The van der Waals surface area contributed by atoms with Gasteiger partial charge >= 0.3 is 0 Å². The van der Waals surface area contributed by atoms with Gasteiger partial charge in [0.1, 0.15) is 5.75 Å². The molecule has 2 heterocycles. The van der Waals surface area contributed by atoms with Crippen molar-refractivity contribution in [2.75, 3.05) is 6.54 Å². The molecule has 19 heavy (non-hydrogen) atoms. The molecule has 0 radical (unpaired) electrons. The SMILES string of the molecule is CC(C)Oc1ccc2[nH]c(=O)c3c(c2c1)CCNC3. The number of ether oxygens (including phenoxy) is 1. The Balaban J connectivity index is 2.20. The molecule has 0 bridgehead atoms. The second-order valence-corrected chi connectivity index (χ2v) is 5.21. The minimum absolute atomic E-state index is 0.0206. The van der Waals surface area contributed by atoms with Crippen LogP contribution >= 0.6 is 0 Å². The third kappa shape index (κ3) is 2.24. The Bertz CT molecular complexity index is 674. The largest absolute Gasteiger partial charge is 0.491 e. The zero-order valence-corrected chi connectivity index (χ0v) is 11.2. The molecule has 0 saturated carbocycles. The predicted molar refractivity (Wildman–Crippen MR) is 75.7 cm³/mol. The molecular weight excluding hydrogens is 240 g/mol. The van der Waals surface area contributed by atoms with E-state index in [1.165, 1.54) is 0 Å². The summed E-state index contributed by atoms with van der Waals surface area (Å²) in [4.78, 5) is 15.0. The van der Waals surface area contributed by atoms with Gasteiger partial charge in [0, 0.05) is 23.0 Å². The summed E-state index contributed by atoms with van der Waals surface area (Å²) in [6, 6.07) is 5.87. The highest BCUT2D eigenvalue weighted by atomic mass is 16.5.